The van der Waals surface area contributed by atoms with Gasteiger partial charge in [-0.1, -0.05) is 6.07 Å². The van der Waals surface area contributed by atoms with E-state index in [1.54, 1.807) is 27.5 Å². The van der Waals surface area contributed by atoms with Gasteiger partial charge >= 0.3 is 5.69 Å². The van der Waals surface area contributed by atoms with Gasteiger partial charge in [0.15, 0.2) is 0 Å². The van der Waals surface area contributed by atoms with Crippen LogP contribution in [0.4, 0.5) is 17.2 Å². The van der Waals surface area contributed by atoms with Crippen LogP contribution in [0.3, 0.4) is 0 Å². The Morgan fingerprint density at radius 3 is 2.48 bits per heavy atom. The number of para-hydroxylation sites is 1. The highest BCUT2D eigenvalue weighted by molar-refractivity contribution is 7.21. The molecule has 5 aromatic rings. The highest BCUT2D eigenvalue weighted by Gasteiger charge is 2.48. The molecule has 4 fully saturated rings. The molecule has 280 valence electrons. The summed E-state index contributed by atoms with van der Waals surface area (Å²) in [6, 6.07) is 14.5. The molecule has 3 amide bonds. The summed E-state index contributed by atoms with van der Waals surface area (Å²) in [5, 5.41) is 11.2. The maximum Gasteiger partial charge on any atom is 0.329 e. The molecule has 2 atom stereocenters. The number of anilines is 3. The number of piperidine rings is 2. The fourth-order valence-corrected chi connectivity index (χ4v) is 11.0. The molecule has 1 spiro atoms. The van der Waals surface area contributed by atoms with E-state index in [9.17, 15) is 19.2 Å². The largest absolute Gasteiger partial charge is 0.381 e. The van der Waals surface area contributed by atoms with Crippen LogP contribution in [0.15, 0.2) is 47.3 Å². The molecule has 2 aromatic carbocycles. The molecule has 1 unspecified atom stereocenters. The van der Waals surface area contributed by atoms with Gasteiger partial charge < -0.3 is 20.4 Å². The minimum Gasteiger partial charge on any atom is -0.381 e. The molecule has 3 N–H and O–H groups in total. The second-order valence-corrected chi connectivity index (χ2v) is 17.2. The molecule has 7 heterocycles. The standard InChI is InChI=1S/C40H45N9O4S/c1-23-22-41-34-33-25-6-10-31(43-26(25)7-9-30(33)54-36(34)38(52)42-23)48-14-12-40(13-15-48)20-24(21-40)46-16-18-47(19-17-46)27-4-3-5-28-35(27)45(2)39(53)49(28)29-8-11-32(50)44-37(29)51/h3-7,9-10,23-24,29,41H,8,11-22H2,1-2H3,(H,42,52)(H,44,50,51)/t23-,29?/m1/s1. The number of piperazine rings is 1. The molecule has 4 aliphatic heterocycles. The summed E-state index contributed by atoms with van der Waals surface area (Å²) in [7, 11) is 1.77. The number of fused-ring (bicyclic) bond motifs is 6. The highest BCUT2D eigenvalue weighted by atomic mass is 32.1. The van der Waals surface area contributed by atoms with Crippen LogP contribution in [0.1, 0.15) is 61.2 Å². The number of thiophene rings is 1. The molecular formula is C40H45N9O4S. The number of imidazole rings is 1. The zero-order chi connectivity index (χ0) is 36.9. The fraction of sp³-hybridized carbons (Fsp3) is 0.475. The van der Waals surface area contributed by atoms with Crippen molar-refractivity contribution in [3.63, 3.8) is 0 Å². The fourth-order valence-electron chi connectivity index (χ4n) is 9.94. The van der Waals surface area contributed by atoms with Gasteiger partial charge in [-0.25, -0.2) is 9.78 Å². The summed E-state index contributed by atoms with van der Waals surface area (Å²) >= 11 is 1.55. The average Bonchev–Trinajstić information content (AvgIpc) is 3.62. The van der Waals surface area contributed by atoms with Gasteiger partial charge in [0.25, 0.3) is 5.91 Å². The zero-order valence-electron chi connectivity index (χ0n) is 30.7. The lowest BCUT2D eigenvalue weighted by Crippen LogP contribution is -2.59. The number of imide groups is 1. The summed E-state index contributed by atoms with van der Waals surface area (Å²) in [6.45, 7) is 8.45. The first-order valence-electron chi connectivity index (χ1n) is 19.3. The number of amides is 3. The van der Waals surface area contributed by atoms with Gasteiger partial charge in [-0.05, 0) is 80.8 Å². The van der Waals surface area contributed by atoms with E-state index in [-0.39, 0.29) is 30.0 Å². The lowest BCUT2D eigenvalue weighted by molar-refractivity contribution is -0.135. The van der Waals surface area contributed by atoms with Gasteiger partial charge in [-0.15, -0.1) is 11.3 Å². The Kier molecular flexibility index (Phi) is 7.81. The quantitative estimate of drug-likeness (QED) is 0.231. The third kappa shape index (κ3) is 5.31. The van der Waals surface area contributed by atoms with E-state index in [0.29, 0.717) is 24.4 Å². The van der Waals surface area contributed by atoms with Crippen LogP contribution >= 0.6 is 11.3 Å². The number of pyridine rings is 1. The molecule has 3 saturated heterocycles. The number of carbonyl (C=O) groups is 3. The maximum absolute atomic E-state index is 13.5. The lowest BCUT2D eigenvalue weighted by Gasteiger charge is -2.56. The molecule has 0 bridgehead atoms. The normalized spacial score (nSPS) is 23.7. The summed E-state index contributed by atoms with van der Waals surface area (Å²) in [5.41, 5.74) is 4.67. The third-order valence-corrected chi connectivity index (χ3v) is 14.1. The Bertz CT molecular complexity index is 2430. The Hall–Kier alpha value is -4.95. The number of carbonyl (C=O) groups excluding carboxylic acids is 3. The van der Waals surface area contributed by atoms with Crippen LogP contribution in [0, 0.1) is 5.41 Å². The van der Waals surface area contributed by atoms with E-state index in [1.165, 1.54) is 25.7 Å². The predicted molar refractivity (Wildman–Crippen MR) is 212 cm³/mol. The Labute approximate surface area is 316 Å². The number of benzene rings is 2. The monoisotopic (exact) mass is 747 g/mol. The van der Waals surface area contributed by atoms with Gasteiger partial charge in [0.1, 0.15) is 16.7 Å². The van der Waals surface area contributed by atoms with Gasteiger partial charge in [-0.2, -0.15) is 0 Å². The second-order valence-electron chi connectivity index (χ2n) is 16.1. The van der Waals surface area contributed by atoms with Crippen molar-refractivity contribution < 1.29 is 14.4 Å². The first kappa shape index (κ1) is 33.6. The number of nitrogens with one attached hydrogen (secondary N) is 3. The first-order valence-corrected chi connectivity index (χ1v) is 20.2. The molecular weight excluding hydrogens is 703 g/mol. The van der Waals surface area contributed by atoms with Crippen molar-refractivity contribution in [1.82, 2.24) is 29.7 Å². The maximum atomic E-state index is 13.5. The highest BCUT2D eigenvalue weighted by Crippen LogP contribution is 2.51. The molecule has 1 saturated carbocycles. The zero-order valence-corrected chi connectivity index (χ0v) is 31.5. The number of aryl methyl sites for hydroxylation is 1. The van der Waals surface area contributed by atoms with Crippen molar-refractivity contribution in [3.8, 4) is 0 Å². The predicted octanol–water partition coefficient (Wildman–Crippen LogP) is 4.20. The smallest absolute Gasteiger partial charge is 0.329 e. The average molecular weight is 748 g/mol. The Balaban J connectivity index is 0.780. The molecule has 5 aliphatic rings. The van der Waals surface area contributed by atoms with Gasteiger partial charge in [0, 0.05) is 86.8 Å². The van der Waals surface area contributed by atoms with Crippen molar-refractivity contribution in [2.75, 3.05) is 60.9 Å². The van der Waals surface area contributed by atoms with Crippen molar-refractivity contribution in [2.24, 2.45) is 12.5 Å². The van der Waals surface area contributed by atoms with Gasteiger partial charge in [0.05, 0.1) is 27.9 Å². The van der Waals surface area contributed by atoms with E-state index < -0.39 is 11.9 Å². The van der Waals surface area contributed by atoms with Crippen molar-refractivity contribution in [2.45, 2.75) is 63.6 Å². The topological polar surface area (TPSA) is 137 Å². The first-order chi connectivity index (χ1) is 26.2. The van der Waals surface area contributed by atoms with Crippen LogP contribution in [-0.2, 0) is 16.6 Å². The molecule has 0 radical (unpaired) electrons. The van der Waals surface area contributed by atoms with Gasteiger partial charge in [0.2, 0.25) is 11.8 Å². The van der Waals surface area contributed by atoms with Crippen LogP contribution in [0.25, 0.3) is 32.0 Å². The minimum atomic E-state index is -0.686. The third-order valence-electron chi connectivity index (χ3n) is 12.9. The Morgan fingerprint density at radius 2 is 1.70 bits per heavy atom. The SMILES string of the molecule is C[C@@H]1CNc2c(sc3ccc4nc(N5CCC6(CC5)CC(N5CCN(c7cccc8c7n(C)c(=O)n8C7CCC(=O)NC7=O)CC5)C6)ccc4c23)C(=O)N1. The summed E-state index contributed by atoms with van der Waals surface area (Å²) in [6.07, 6.45) is 5.39. The number of hydrogen-bond acceptors (Lipinski definition) is 10. The molecule has 10 rings (SSSR count). The number of hydrogen-bond donors (Lipinski definition) is 3. The summed E-state index contributed by atoms with van der Waals surface area (Å²) in [4.78, 5) is 64.2. The molecule has 13 nitrogen and oxygen atoms in total. The molecule has 54 heavy (non-hydrogen) atoms. The number of nitrogens with zero attached hydrogens (tertiary/aromatic N) is 6. The minimum absolute atomic E-state index is 0.00685. The molecule has 1 aliphatic carbocycles. The summed E-state index contributed by atoms with van der Waals surface area (Å²) < 4.78 is 4.33. The summed E-state index contributed by atoms with van der Waals surface area (Å²) in [5.74, 6) is 0.329. The van der Waals surface area contributed by atoms with E-state index in [4.69, 9.17) is 4.98 Å². The van der Waals surface area contributed by atoms with E-state index >= 15 is 0 Å². The van der Waals surface area contributed by atoms with E-state index in [1.807, 2.05) is 19.1 Å². The van der Waals surface area contributed by atoms with Crippen LogP contribution in [-0.4, -0.2) is 94.6 Å². The van der Waals surface area contributed by atoms with Crippen molar-refractivity contribution in [1.29, 1.82) is 0 Å². The van der Waals surface area contributed by atoms with Crippen molar-refractivity contribution in [3.05, 3.63) is 57.8 Å². The lowest BCUT2D eigenvalue weighted by atomic mass is 9.60. The molecule has 3 aromatic heterocycles. The van der Waals surface area contributed by atoms with Gasteiger partial charge in [-0.3, -0.25) is 33.7 Å². The Morgan fingerprint density at radius 1 is 0.907 bits per heavy atom. The second kappa shape index (κ2) is 12.6. The van der Waals surface area contributed by atoms with Crippen LogP contribution in [0.2, 0.25) is 0 Å². The number of rotatable bonds is 4. The van der Waals surface area contributed by atoms with Crippen LogP contribution in [0.5, 0.6) is 0 Å². The van der Waals surface area contributed by atoms with E-state index in [2.05, 4.69) is 61.0 Å². The molecule has 14 heteroatoms. The van der Waals surface area contributed by atoms with Crippen LogP contribution < -0.4 is 31.4 Å². The van der Waals surface area contributed by atoms with Crippen molar-refractivity contribution >= 4 is 78.3 Å². The number of aromatic nitrogens is 3. The van der Waals surface area contributed by atoms with E-state index in [0.717, 1.165) is 93.4 Å².